The third-order valence-corrected chi connectivity index (χ3v) is 5.95. The summed E-state index contributed by atoms with van der Waals surface area (Å²) >= 11 is 0. The SMILES string of the molecule is COc1cc(NC(=O)CCc2ccc(NC(=O)Nc3cc(OC)c(OC)c(OC)c3)cc2)c(C(C)=O)cc1OC. The number of carbonyl (C=O) groups is 3. The molecule has 0 bridgehead atoms. The Morgan fingerprint density at radius 1 is 0.650 bits per heavy atom. The van der Waals surface area contributed by atoms with Gasteiger partial charge in [-0.1, -0.05) is 12.1 Å². The summed E-state index contributed by atoms with van der Waals surface area (Å²) < 4.78 is 26.5. The fourth-order valence-corrected chi connectivity index (χ4v) is 3.95. The molecule has 0 unspecified atom stereocenters. The molecule has 3 amide bonds. The first-order valence-corrected chi connectivity index (χ1v) is 12.3. The Morgan fingerprint density at radius 2 is 1.20 bits per heavy atom. The number of aryl methyl sites for hydroxylation is 1. The quantitative estimate of drug-likeness (QED) is 0.263. The van der Waals surface area contributed by atoms with E-state index in [0.29, 0.717) is 57.8 Å². The van der Waals surface area contributed by atoms with Gasteiger partial charge in [-0.2, -0.15) is 0 Å². The molecule has 3 rings (SSSR count). The van der Waals surface area contributed by atoms with Crippen LogP contribution in [-0.2, 0) is 11.2 Å². The molecule has 11 heteroatoms. The maximum absolute atomic E-state index is 12.6. The van der Waals surface area contributed by atoms with Crippen LogP contribution in [0, 0.1) is 0 Å². The second-order valence-corrected chi connectivity index (χ2v) is 8.55. The number of benzene rings is 3. The number of hydrogen-bond acceptors (Lipinski definition) is 8. The van der Waals surface area contributed by atoms with Crippen molar-refractivity contribution in [3.8, 4) is 28.7 Å². The molecule has 0 spiro atoms. The molecule has 3 aromatic carbocycles. The number of ether oxygens (including phenoxy) is 5. The molecule has 0 atom stereocenters. The number of amides is 3. The number of hydrogen-bond donors (Lipinski definition) is 3. The summed E-state index contributed by atoms with van der Waals surface area (Å²) in [5.74, 6) is 1.57. The van der Waals surface area contributed by atoms with Gasteiger partial charge in [0.05, 0.1) is 46.9 Å². The van der Waals surface area contributed by atoms with E-state index in [-0.39, 0.29) is 18.1 Å². The normalized spacial score (nSPS) is 10.2. The van der Waals surface area contributed by atoms with Gasteiger partial charge in [-0.15, -0.1) is 0 Å². The van der Waals surface area contributed by atoms with Crippen LogP contribution in [-0.4, -0.2) is 53.3 Å². The van der Waals surface area contributed by atoms with E-state index >= 15 is 0 Å². The standard InChI is InChI=1S/C29H33N3O8/c1-17(33)21-15-23(36-2)24(37-3)16-22(21)32-27(34)12-9-18-7-10-19(11-8-18)30-29(35)31-20-13-25(38-4)28(40-6)26(14-20)39-5/h7-8,10-11,13-16H,9,12H2,1-6H3,(H,32,34)(H2,30,31,35). The van der Waals surface area contributed by atoms with Gasteiger partial charge >= 0.3 is 6.03 Å². The summed E-state index contributed by atoms with van der Waals surface area (Å²) in [6, 6.07) is 13.0. The highest BCUT2D eigenvalue weighted by Gasteiger charge is 2.17. The summed E-state index contributed by atoms with van der Waals surface area (Å²) in [4.78, 5) is 37.3. The number of Topliss-reactive ketones (excluding diaryl/α,β-unsaturated/α-hetero) is 1. The van der Waals surface area contributed by atoms with Crippen LogP contribution >= 0.6 is 0 Å². The molecule has 0 aromatic heterocycles. The lowest BCUT2D eigenvalue weighted by molar-refractivity contribution is -0.116. The van der Waals surface area contributed by atoms with Gasteiger partial charge in [-0.05, 0) is 37.1 Å². The topological polar surface area (TPSA) is 133 Å². The van der Waals surface area contributed by atoms with E-state index in [0.717, 1.165) is 5.56 Å². The van der Waals surface area contributed by atoms with E-state index in [2.05, 4.69) is 16.0 Å². The van der Waals surface area contributed by atoms with Crippen molar-refractivity contribution >= 4 is 34.8 Å². The first-order valence-electron chi connectivity index (χ1n) is 12.3. The molecule has 0 aliphatic heterocycles. The van der Waals surface area contributed by atoms with Gasteiger partial charge in [0.25, 0.3) is 0 Å². The van der Waals surface area contributed by atoms with Gasteiger partial charge in [0.15, 0.2) is 28.8 Å². The minimum Gasteiger partial charge on any atom is -0.493 e. The van der Waals surface area contributed by atoms with Crippen LogP contribution in [0.1, 0.15) is 29.3 Å². The molecule has 0 radical (unpaired) electrons. The van der Waals surface area contributed by atoms with E-state index in [1.54, 1.807) is 36.4 Å². The molecule has 3 aromatic rings. The Bertz CT molecular complexity index is 1350. The monoisotopic (exact) mass is 551 g/mol. The van der Waals surface area contributed by atoms with E-state index in [1.807, 2.05) is 12.1 Å². The number of ketones is 1. The lowest BCUT2D eigenvalue weighted by Crippen LogP contribution is -2.19. The van der Waals surface area contributed by atoms with Crippen molar-refractivity contribution < 1.29 is 38.1 Å². The molecule has 40 heavy (non-hydrogen) atoms. The van der Waals surface area contributed by atoms with Gasteiger partial charge in [0, 0.05) is 35.9 Å². The van der Waals surface area contributed by atoms with Crippen molar-refractivity contribution in [2.24, 2.45) is 0 Å². The molecule has 0 heterocycles. The van der Waals surface area contributed by atoms with E-state index in [4.69, 9.17) is 23.7 Å². The summed E-state index contributed by atoms with van der Waals surface area (Å²) in [7, 11) is 7.44. The highest BCUT2D eigenvalue weighted by atomic mass is 16.5. The van der Waals surface area contributed by atoms with E-state index in [1.165, 1.54) is 42.5 Å². The second kappa shape index (κ2) is 13.7. The van der Waals surface area contributed by atoms with Crippen LogP contribution in [0.2, 0.25) is 0 Å². The zero-order chi connectivity index (χ0) is 29.2. The van der Waals surface area contributed by atoms with Crippen molar-refractivity contribution in [1.82, 2.24) is 0 Å². The minimum absolute atomic E-state index is 0.181. The number of rotatable bonds is 12. The molecular formula is C29H33N3O8. The van der Waals surface area contributed by atoms with Gasteiger partial charge in [-0.3, -0.25) is 9.59 Å². The first kappa shape index (κ1) is 29.6. The Labute approximate surface area is 232 Å². The molecule has 0 aliphatic carbocycles. The van der Waals surface area contributed by atoms with E-state index in [9.17, 15) is 14.4 Å². The smallest absolute Gasteiger partial charge is 0.323 e. The third kappa shape index (κ3) is 7.34. The van der Waals surface area contributed by atoms with Crippen LogP contribution in [0.25, 0.3) is 0 Å². The molecule has 0 saturated heterocycles. The number of anilines is 3. The van der Waals surface area contributed by atoms with Crippen molar-refractivity contribution in [1.29, 1.82) is 0 Å². The summed E-state index contributed by atoms with van der Waals surface area (Å²) in [6.07, 6.45) is 0.631. The van der Waals surface area contributed by atoms with Gasteiger partial charge < -0.3 is 39.6 Å². The van der Waals surface area contributed by atoms with Gasteiger partial charge in [-0.25, -0.2) is 4.79 Å². The maximum atomic E-state index is 12.6. The summed E-state index contributed by atoms with van der Waals surface area (Å²) in [5, 5.41) is 8.28. The Hall–Kier alpha value is -4.93. The first-order chi connectivity index (χ1) is 19.2. The van der Waals surface area contributed by atoms with Crippen LogP contribution < -0.4 is 39.6 Å². The van der Waals surface area contributed by atoms with E-state index < -0.39 is 6.03 Å². The maximum Gasteiger partial charge on any atom is 0.323 e. The predicted molar refractivity (Wildman–Crippen MR) is 152 cm³/mol. The largest absolute Gasteiger partial charge is 0.493 e. The average Bonchev–Trinajstić information content (AvgIpc) is 2.95. The number of methoxy groups -OCH3 is 5. The van der Waals surface area contributed by atoms with Gasteiger partial charge in [0.1, 0.15) is 0 Å². The molecular weight excluding hydrogens is 518 g/mol. The lowest BCUT2D eigenvalue weighted by atomic mass is 10.1. The highest BCUT2D eigenvalue weighted by molar-refractivity contribution is 6.04. The summed E-state index contributed by atoms with van der Waals surface area (Å²) in [6.45, 7) is 1.41. The summed E-state index contributed by atoms with van der Waals surface area (Å²) in [5.41, 5.74) is 2.59. The molecule has 3 N–H and O–H groups in total. The predicted octanol–water partition coefficient (Wildman–Crippen LogP) is 5.15. The minimum atomic E-state index is -0.461. The Kier molecular flexibility index (Phi) is 10.2. The van der Waals surface area contributed by atoms with Crippen LogP contribution in [0.3, 0.4) is 0 Å². The zero-order valence-corrected chi connectivity index (χ0v) is 23.3. The third-order valence-electron chi connectivity index (χ3n) is 5.95. The highest BCUT2D eigenvalue weighted by Crippen LogP contribution is 2.40. The number of urea groups is 1. The van der Waals surface area contributed by atoms with Crippen molar-refractivity contribution in [2.75, 3.05) is 51.5 Å². The van der Waals surface area contributed by atoms with Crippen LogP contribution in [0.5, 0.6) is 28.7 Å². The number of nitrogens with one attached hydrogen (secondary N) is 3. The van der Waals surface area contributed by atoms with Crippen molar-refractivity contribution in [2.45, 2.75) is 19.8 Å². The number of carbonyl (C=O) groups excluding carboxylic acids is 3. The Balaban J connectivity index is 1.58. The molecule has 0 aliphatic rings. The lowest BCUT2D eigenvalue weighted by Gasteiger charge is -2.15. The van der Waals surface area contributed by atoms with Crippen molar-refractivity contribution in [3.05, 3.63) is 59.7 Å². The molecule has 0 saturated carbocycles. The average molecular weight is 552 g/mol. The second-order valence-electron chi connectivity index (χ2n) is 8.55. The molecule has 212 valence electrons. The molecule has 0 fully saturated rings. The Morgan fingerprint density at radius 3 is 1.73 bits per heavy atom. The fraction of sp³-hybridized carbons (Fsp3) is 0.276. The van der Waals surface area contributed by atoms with Crippen LogP contribution in [0.4, 0.5) is 21.9 Å². The zero-order valence-electron chi connectivity index (χ0n) is 23.3. The molecule has 11 nitrogen and oxygen atoms in total. The van der Waals surface area contributed by atoms with Crippen molar-refractivity contribution in [3.63, 3.8) is 0 Å². The van der Waals surface area contributed by atoms with Gasteiger partial charge in [0.2, 0.25) is 11.7 Å². The fourth-order valence-electron chi connectivity index (χ4n) is 3.95. The van der Waals surface area contributed by atoms with Crippen LogP contribution in [0.15, 0.2) is 48.5 Å².